The van der Waals surface area contributed by atoms with Crippen molar-refractivity contribution in [2.75, 3.05) is 0 Å². The summed E-state index contributed by atoms with van der Waals surface area (Å²) in [4.78, 5) is 0. The SMILES string of the molecule is Cc1cc2c3ccc(C(C)C)cc3n3c4cccc5cc[n+](C)c(c(c1C)c23)c54. The molecule has 6 rings (SSSR count). The Labute approximate surface area is 170 Å². The van der Waals surface area contributed by atoms with Crippen molar-refractivity contribution in [3.05, 3.63) is 71.4 Å². The van der Waals surface area contributed by atoms with E-state index in [1.807, 2.05) is 0 Å². The van der Waals surface area contributed by atoms with Crippen LogP contribution in [0.25, 0.3) is 49.0 Å². The van der Waals surface area contributed by atoms with Crippen molar-refractivity contribution in [2.45, 2.75) is 33.6 Å². The second kappa shape index (κ2) is 5.48. The van der Waals surface area contributed by atoms with Crippen LogP contribution in [-0.2, 0) is 7.05 Å². The lowest BCUT2D eigenvalue weighted by Crippen LogP contribution is -2.29. The first kappa shape index (κ1) is 16.8. The molecule has 6 aromatic rings. The Morgan fingerprint density at radius 2 is 1.69 bits per heavy atom. The minimum absolute atomic E-state index is 0.512. The van der Waals surface area contributed by atoms with Crippen LogP contribution in [0.15, 0.2) is 54.7 Å². The van der Waals surface area contributed by atoms with Gasteiger partial charge in [-0.3, -0.25) is 0 Å². The number of nitrogens with zero attached hydrogens (tertiary/aromatic N) is 2. The molecule has 0 aliphatic heterocycles. The molecule has 142 valence electrons. The molecule has 0 aliphatic carbocycles. The number of rotatable bonds is 1. The molecule has 3 aromatic carbocycles. The van der Waals surface area contributed by atoms with Crippen molar-refractivity contribution >= 4 is 49.0 Å². The minimum atomic E-state index is 0.512. The Bertz CT molecular complexity index is 1600. The number of benzene rings is 3. The maximum atomic E-state index is 2.52. The van der Waals surface area contributed by atoms with E-state index in [0.29, 0.717) is 5.92 Å². The Morgan fingerprint density at radius 1 is 0.862 bits per heavy atom. The number of aromatic nitrogens is 2. The summed E-state index contributed by atoms with van der Waals surface area (Å²) in [6, 6.07) is 18.4. The fourth-order valence-corrected chi connectivity index (χ4v) is 5.21. The Kier molecular flexibility index (Phi) is 3.17. The second-order valence-corrected chi connectivity index (χ2v) is 8.87. The lowest BCUT2D eigenvalue weighted by atomic mass is 9.96. The quantitative estimate of drug-likeness (QED) is 0.174. The fourth-order valence-electron chi connectivity index (χ4n) is 5.21. The number of aryl methyl sites for hydroxylation is 3. The average Bonchev–Trinajstić information content (AvgIpc) is 3.03. The van der Waals surface area contributed by atoms with E-state index in [1.54, 1.807) is 0 Å². The Hall–Kier alpha value is -3.13. The molecular weight excluding hydrogens is 352 g/mol. The lowest BCUT2D eigenvalue weighted by Gasteiger charge is -2.14. The predicted molar refractivity (Wildman–Crippen MR) is 123 cm³/mol. The summed E-state index contributed by atoms with van der Waals surface area (Å²) in [5.41, 5.74) is 9.43. The van der Waals surface area contributed by atoms with Crippen molar-refractivity contribution < 1.29 is 4.57 Å². The third-order valence-corrected chi connectivity index (χ3v) is 6.88. The highest BCUT2D eigenvalue weighted by Crippen LogP contribution is 2.42. The summed E-state index contributed by atoms with van der Waals surface area (Å²) >= 11 is 0. The van der Waals surface area contributed by atoms with Gasteiger partial charge in [-0.2, -0.15) is 0 Å². The van der Waals surface area contributed by atoms with Gasteiger partial charge in [0.05, 0.1) is 27.3 Å². The summed E-state index contributed by atoms with van der Waals surface area (Å²) in [5, 5.41) is 6.75. The molecule has 3 heterocycles. The molecule has 0 N–H and O–H groups in total. The molecule has 0 amide bonds. The van der Waals surface area contributed by atoms with Crippen molar-refractivity contribution in [3.63, 3.8) is 0 Å². The first-order chi connectivity index (χ1) is 14.0. The molecule has 2 nitrogen and oxygen atoms in total. The second-order valence-electron chi connectivity index (χ2n) is 8.87. The minimum Gasteiger partial charge on any atom is -0.307 e. The van der Waals surface area contributed by atoms with Gasteiger partial charge < -0.3 is 4.40 Å². The molecule has 0 bridgehead atoms. The van der Waals surface area contributed by atoms with E-state index in [4.69, 9.17) is 0 Å². The molecule has 0 spiro atoms. The van der Waals surface area contributed by atoms with Crippen LogP contribution in [0, 0.1) is 13.8 Å². The van der Waals surface area contributed by atoms with Gasteiger partial charge in [-0.25, -0.2) is 4.57 Å². The number of hydrogen-bond acceptors (Lipinski definition) is 0. The highest BCUT2D eigenvalue weighted by Gasteiger charge is 2.24. The topological polar surface area (TPSA) is 8.29 Å². The van der Waals surface area contributed by atoms with Crippen LogP contribution in [0.1, 0.15) is 36.5 Å². The average molecular weight is 378 g/mol. The lowest BCUT2D eigenvalue weighted by molar-refractivity contribution is -0.643. The van der Waals surface area contributed by atoms with Gasteiger partial charge in [0.15, 0.2) is 6.20 Å². The first-order valence-electron chi connectivity index (χ1n) is 10.5. The molecule has 0 fully saturated rings. The first-order valence-corrected chi connectivity index (χ1v) is 10.5. The largest absolute Gasteiger partial charge is 0.307 e. The summed E-state index contributed by atoms with van der Waals surface area (Å²) in [6.45, 7) is 9.07. The van der Waals surface area contributed by atoms with Crippen molar-refractivity contribution in [1.82, 2.24) is 4.40 Å². The highest BCUT2D eigenvalue weighted by molar-refractivity contribution is 6.26. The van der Waals surface area contributed by atoms with Crippen LogP contribution in [0.5, 0.6) is 0 Å². The van der Waals surface area contributed by atoms with Crippen LogP contribution in [0.4, 0.5) is 0 Å². The molecule has 0 radical (unpaired) electrons. The van der Waals surface area contributed by atoms with E-state index < -0.39 is 0 Å². The van der Waals surface area contributed by atoms with E-state index in [1.165, 1.54) is 65.7 Å². The zero-order valence-electron chi connectivity index (χ0n) is 17.7. The van der Waals surface area contributed by atoms with E-state index >= 15 is 0 Å². The predicted octanol–water partition coefficient (Wildman–Crippen LogP) is 6.55. The maximum absolute atomic E-state index is 2.52. The zero-order chi connectivity index (χ0) is 20.0. The summed E-state index contributed by atoms with van der Waals surface area (Å²) in [6.07, 6.45) is 2.20. The molecule has 0 saturated heterocycles. The van der Waals surface area contributed by atoms with Gasteiger partial charge >= 0.3 is 0 Å². The van der Waals surface area contributed by atoms with Crippen LogP contribution >= 0.6 is 0 Å². The van der Waals surface area contributed by atoms with E-state index in [9.17, 15) is 0 Å². The molecule has 0 unspecified atom stereocenters. The number of fused-ring (bicyclic) bond motifs is 5. The monoisotopic (exact) mass is 377 g/mol. The van der Waals surface area contributed by atoms with Crippen LogP contribution in [0.2, 0.25) is 0 Å². The fraction of sp³-hybridized carbons (Fsp3) is 0.222. The van der Waals surface area contributed by atoms with Crippen molar-refractivity contribution in [3.8, 4) is 0 Å². The summed E-state index contributed by atoms with van der Waals surface area (Å²) in [7, 11) is 2.17. The Morgan fingerprint density at radius 3 is 2.48 bits per heavy atom. The van der Waals surface area contributed by atoms with E-state index in [-0.39, 0.29) is 0 Å². The van der Waals surface area contributed by atoms with Gasteiger partial charge in [-0.1, -0.05) is 38.1 Å². The van der Waals surface area contributed by atoms with Crippen LogP contribution in [0.3, 0.4) is 0 Å². The normalized spacial score (nSPS) is 12.6. The Balaban J connectivity index is 2.07. The summed E-state index contributed by atoms with van der Waals surface area (Å²) in [5.74, 6) is 0.512. The van der Waals surface area contributed by atoms with Gasteiger partial charge in [-0.15, -0.1) is 0 Å². The van der Waals surface area contributed by atoms with Gasteiger partial charge in [0.2, 0.25) is 5.52 Å². The zero-order valence-corrected chi connectivity index (χ0v) is 17.7. The summed E-state index contributed by atoms with van der Waals surface area (Å²) < 4.78 is 4.82. The molecule has 3 aromatic heterocycles. The molecule has 0 saturated carbocycles. The third kappa shape index (κ3) is 1.99. The van der Waals surface area contributed by atoms with Crippen LogP contribution < -0.4 is 4.57 Å². The highest BCUT2D eigenvalue weighted by atomic mass is 15.0. The van der Waals surface area contributed by atoms with Gasteiger partial charge in [0.25, 0.3) is 0 Å². The molecule has 29 heavy (non-hydrogen) atoms. The van der Waals surface area contributed by atoms with Crippen molar-refractivity contribution in [1.29, 1.82) is 0 Å². The molecule has 2 heteroatoms. The smallest absolute Gasteiger partial charge is 0.224 e. The standard InChI is InChI=1S/C27H25N2/c1-15(2)19-9-10-20-21-13-16(3)17(4)24-26(21)29(23(20)14-19)22-8-6-7-18-11-12-28(5)27(24)25(18)22/h6-15H,1-5H3/q+1. The van der Waals surface area contributed by atoms with Gasteiger partial charge in [-0.05, 0) is 60.0 Å². The number of hydrogen-bond donors (Lipinski definition) is 0. The van der Waals surface area contributed by atoms with E-state index in [2.05, 4.69) is 98.4 Å². The molecule has 0 aliphatic rings. The van der Waals surface area contributed by atoms with Gasteiger partial charge in [0, 0.05) is 16.8 Å². The molecule has 0 atom stereocenters. The van der Waals surface area contributed by atoms with E-state index in [0.717, 1.165) is 0 Å². The van der Waals surface area contributed by atoms with Crippen LogP contribution in [-0.4, -0.2) is 4.40 Å². The number of pyridine rings is 2. The molecular formula is C27H25N2+. The van der Waals surface area contributed by atoms with Gasteiger partial charge in [0.1, 0.15) is 7.05 Å². The maximum Gasteiger partial charge on any atom is 0.224 e. The van der Waals surface area contributed by atoms with Crippen molar-refractivity contribution in [2.24, 2.45) is 7.05 Å². The third-order valence-electron chi connectivity index (χ3n) is 6.88.